The van der Waals surface area contributed by atoms with Crippen molar-refractivity contribution in [1.29, 1.82) is 0 Å². The number of hydrogen-bond acceptors (Lipinski definition) is 7. The van der Waals surface area contributed by atoms with Gasteiger partial charge in [0.05, 0.1) is 22.3 Å². The highest BCUT2D eigenvalue weighted by Crippen LogP contribution is 2.43. The molecule has 2 aliphatic heterocycles. The van der Waals surface area contributed by atoms with Crippen molar-refractivity contribution in [3.05, 3.63) is 16.1 Å². The molecule has 158 valence electrons. The highest BCUT2D eigenvalue weighted by atomic mass is 127. The van der Waals surface area contributed by atoms with E-state index in [9.17, 15) is 4.79 Å². The van der Waals surface area contributed by atoms with E-state index >= 15 is 0 Å². The Bertz CT molecular complexity index is 903. The minimum Gasteiger partial charge on any atom is -0.444 e. The van der Waals surface area contributed by atoms with Gasteiger partial charge in [0.25, 0.3) is 0 Å². The fourth-order valence-electron chi connectivity index (χ4n) is 4.31. The summed E-state index contributed by atoms with van der Waals surface area (Å²) in [4.78, 5) is 19.3. The van der Waals surface area contributed by atoms with E-state index in [2.05, 4.69) is 48.0 Å². The van der Waals surface area contributed by atoms with E-state index in [1.807, 2.05) is 38.3 Å². The van der Waals surface area contributed by atoms with E-state index < -0.39 is 5.60 Å². The molecule has 2 saturated heterocycles. The van der Waals surface area contributed by atoms with Gasteiger partial charge in [-0.3, -0.25) is 4.40 Å². The number of nitrogens with one attached hydrogen (secondary N) is 1. The van der Waals surface area contributed by atoms with Crippen LogP contribution in [0, 0.1) is 8.99 Å². The van der Waals surface area contributed by atoms with Crippen LogP contribution in [0.5, 0.6) is 0 Å². The largest absolute Gasteiger partial charge is 0.444 e. The SMILES string of the molecule is C[C@@H]1OCC2(CCN(c3ncc(I)c4nncn34)CC2)[C@@H]1NC(=O)OC(C)(C)C. The Kier molecular flexibility index (Phi) is 5.34. The first kappa shape index (κ1) is 20.6. The van der Waals surface area contributed by atoms with Crippen LogP contribution in [-0.4, -0.2) is 63.1 Å². The van der Waals surface area contributed by atoms with E-state index in [1.54, 1.807) is 6.33 Å². The molecular weight excluding hydrogens is 487 g/mol. The average Bonchev–Trinajstić information content (AvgIpc) is 3.24. The number of nitrogens with zero attached hydrogens (tertiary/aromatic N) is 5. The van der Waals surface area contributed by atoms with Crippen LogP contribution in [0.2, 0.25) is 0 Å². The van der Waals surface area contributed by atoms with Crippen LogP contribution in [-0.2, 0) is 9.47 Å². The Morgan fingerprint density at radius 1 is 1.38 bits per heavy atom. The zero-order valence-electron chi connectivity index (χ0n) is 17.2. The molecule has 4 rings (SSSR count). The topological polar surface area (TPSA) is 93.9 Å². The molecule has 0 saturated carbocycles. The van der Waals surface area contributed by atoms with E-state index in [1.165, 1.54) is 0 Å². The first-order chi connectivity index (χ1) is 13.7. The van der Waals surface area contributed by atoms with E-state index in [4.69, 9.17) is 9.47 Å². The third-order valence-corrected chi connectivity index (χ3v) is 6.51. The number of alkyl carbamates (subject to hydrolysis) is 1. The summed E-state index contributed by atoms with van der Waals surface area (Å²) in [5.74, 6) is 0.851. The number of aromatic nitrogens is 4. The summed E-state index contributed by atoms with van der Waals surface area (Å²) >= 11 is 2.22. The lowest BCUT2D eigenvalue weighted by Crippen LogP contribution is -2.55. The molecule has 0 aromatic carbocycles. The maximum atomic E-state index is 12.4. The van der Waals surface area contributed by atoms with Crippen molar-refractivity contribution in [2.75, 3.05) is 24.6 Å². The number of carbonyl (C=O) groups is 1. The second-order valence-corrected chi connectivity index (χ2v) is 10.1. The lowest BCUT2D eigenvalue weighted by Gasteiger charge is -2.42. The van der Waals surface area contributed by atoms with Crippen LogP contribution in [0.15, 0.2) is 12.5 Å². The average molecular weight is 514 g/mol. The maximum Gasteiger partial charge on any atom is 0.407 e. The molecule has 0 aliphatic carbocycles. The second-order valence-electron chi connectivity index (χ2n) is 8.92. The van der Waals surface area contributed by atoms with Crippen molar-refractivity contribution < 1.29 is 14.3 Å². The molecule has 1 N–H and O–H groups in total. The van der Waals surface area contributed by atoms with Crippen LogP contribution in [0.25, 0.3) is 5.65 Å². The first-order valence-corrected chi connectivity index (χ1v) is 11.0. The van der Waals surface area contributed by atoms with Gasteiger partial charge in [0, 0.05) is 24.7 Å². The Balaban J connectivity index is 1.49. The maximum absolute atomic E-state index is 12.4. The van der Waals surface area contributed by atoms with Crippen molar-refractivity contribution in [2.45, 2.75) is 58.3 Å². The number of rotatable bonds is 2. The molecule has 1 spiro atoms. The monoisotopic (exact) mass is 514 g/mol. The number of anilines is 1. The van der Waals surface area contributed by atoms with Crippen molar-refractivity contribution in [3.63, 3.8) is 0 Å². The van der Waals surface area contributed by atoms with Gasteiger partial charge in [-0.1, -0.05) is 0 Å². The van der Waals surface area contributed by atoms with Crippen LogP contribution < -0.4 is 10.2 Å². The summed E-state index contributed by atoms with van der Waals surface area (Å²) in [5, 5.41) is 11.3. The Morgan fingerprint density at radius 2 is 2.10 bits per heavy atom. The Labute approximate surface area is 183 Å². The van der Waals surface area contributed by atoms with Crippen molar-refractivity contribution >= 4 is 40.3 Å². The number of fused-ring (bicyclic) bond motifs is 1. The molecule has 1 amide bonds. The van der Waals surface area contributed by atoms with Gasteiger partial charge in [0.2, 0.25) is 5.95 Å². The number of halogens is 1. The molecule has 2 atom stereocenters. The fourth-order valence-corrected chi connectivity index (χ4v) is 4.81. The lowest BCUT2D eigenvalue weighted by atomic mass is 9.73. The smallest absolute Gasteiger partial charge is 0.407 e. The fraction of sp³-hybridized carbons (Fsp3) is 0.684. The summed E-state index contributed by atoms with van der Waals surface area (Å²) in [6.07, 6.45) is 4.90. The number of carbonyl (C=O) groups excluding carboxylic acids is 1. The van der Waals surface area contributed by atoms with Gasteiger partial charge in [-0.15, -0.1) is 10.2 Å². The van der Waals surface area contributed by atoms with Crippen molar-refractivity contribution in [1.82, 2.24) is 24.9 Å². The third-order valence-electron chi connectivity index (χ3n) is 5.75. The summed E-state index contributed by atoms with van der Waals surface area (Å²) in [5.41, 5.74) is 0.199. The molecule has 0 unspecified atom stereocenters. The summed E-state index contributed by atoms with van der Waals surface area (Å²) in [6, 6.07) is -0.0703. The van der Waals surface area contributed by atoms with Crippen LogP contribution in [0.1, 0.15) is 40.5 Å². The number of amides is 1. The van der Waals surface area contributed by atoms with E-state index in [-0.39, 0.29) is 23.7 Å². The highest BCUT2D eigenvalue weighted by Gasteiger charge is 2.50. The molecule has 10 heteroatoms. The van der Waals surface area contributed by atoms with Crippen molar-refractivity contribution in [3.8, 4) is 0 Å². The Morgan fingerprint density at radius 3 is 2.79 bits per heavy atom. The molecule has 2 fully saturated rings. The first-order valence-electron chi connectivity index (χ1n) is 9.89. The number of piperidine rings is 1. The van der Waals surface area contributed by atoms with Crippen LogP contribution in [0.4, 0.5) is 10.7 Å². The van der Waals surface area contributed by atoms with Gasteiger partial charge in [0.1, 0.15) is 11.9 Å². The zero-order valence-corrected chi connectivity index (χ0v) is 19.3. The lowest BCUT2D eigenvalue weighted by molar-refractivity contribution is 0.0434. The van der Waals surface area contributed by atoms with Gasteiger partial charge in [-0.2, -0.15) is 0 Å². The highest BCUT2D eigenvalue weighted by molar-refractivity contribution is 14.1. The zero-order chi connectivity index (χ0) is 20.8. The van der Waals surface area contributed by atoms with Crippen molar-refractivity contribution in [2.24, 2.45) is 5.41 Å². The normalized spacial score (nSPS) is 24.2. The number of hydrogen-bond donors (Lipinski definition) is 1. The third kappa shape index (κ3) is 4.00. The summed E-state index contributed by atoms with van der Waals surface area (Å²) < 4.78 is 14.4. The number of ether oxygens (including phenoxy) is 2. The molecule has 0 radical (unpaired) electrons. The van der Waals surface area contributed by atoms with Gasteiger partial charge in [-0.05, 0) is 63.1 Å². The Hall–Kier alpha value is -1.69. The minimum absolute atomic E-state index is 0.0462. The van der Waals surface area contributed by atoms with Gasteiger partial charge < -0.3 is 19.7 Å². The van der Waals surface area contributed by atoms with Crippen LogP contribution in [0.3, 0.4) is 0 Å². The molecule has 2 aromatic rings. The van der Waals surface area contributed by atoms with E-state index in [0.717, 1.165) is 41.1 Å². The quantitative estimate of drug-likeness (QED) is 0.616. The van der Waals surface area contributed by atoms with E-state index in [0.29, 0.717) is 6.61 Å². The van der Waals surface area contributed by atoms with Gasteiger partial charge in [-0.25, -0.2) is 9.78 Å². The van der Waals surface area contributed by atoms with Gasteiger partial charge in [0.15, 0.2) is 5.65 Å². The molecule has 2 aliphatic rings. The molecular formula is C19H27IN6O3. The summed E-state index contributed by atoms with van der Waals surface area (Å²) in [7, 11) is 0. The minimum atomic E-state index is -0.524. The molecule has 0 bridgehead atoms. The van der Waals surface area contributed by atoms with Gasteiger partial charge >= 0.3 is 6.09 Å². The van der Waals surface area contributed by atoms with Crippen LogP contribution >= 0.6 is 22.6 Å². The molecule has 4 heterocycles. The standard InChI is InChI=1S/C19H27IN6O3/c1-12-14(23-17(27)29-18(2,3)4)19(10-28-12)5-7-25(8-6-19)16-21-9-13(20)15-24-22-11-26(15)16/h9,11-12,14H,5-8,10H2,1-4H3,(H,23,27)/t12-,14+/m0/s1. The predicted molar refractivity (Wildman–Crippen MR) is 116 cm³/mol. The second kappa shape index (κ2) is 7.53. The molecule has 9 nitrogen and oxygen atoms in total. The molecule has 29 heavy (non-hydrogen) atoms. The predicted octanol–water partition coefficient (Wildman–Crippen LogP) is 2.63. The molecule has 2 aromatic heterocycles. The summed E-state index contributed by atoms with van der Waals surface area (Å²) in [6.45, 7) is 9.92.